The first-order valence-electron chi connectivity index (χ1n) is 6.62. The van der Waals surface area contributed by atoms with E-state index in [1.54, 1.807) is 12.1 Å². The molecular weight excluding hydrogens is 262 g/mol. The average molecular weight is 283 g/mol. The van der Waals surface area contributed by atoms with Gasteiger partial charge in [0.05, 0.1) is 5.69 Å². The monoisotopic (exact) mass is 283 g/mol. The van der Waals surface area contributed by atoms with Crippen molar-refractivity contribution in [2.24, 2.45) is 5.14 Å². The molecule has 0 aromatic heterocycles. The van der Waals surface area contributed by atoms with Gasteiger partial charge < -0.3 is 10.2 Å². The number of likely N-dealkylation sites (N-methyl/N-ethyl adjacent to an activating group) is 1. The lowest BCUT2D eigenvalue weighted by atomic mass is 10.0. The number of para-hydroxylation sites is 1. The predicted molar refractivity (Wildman–Crippen MR) is 76.7 cm³/mol. The minimum Gasteiger partial charge on any atom is -0.369 e. The largest absolute Gasteiger partial charge is 0.369 e. The van der Waals surface area contributed by atoms with Gasteiger partial charge in [-0.1, -0.05) is 19.1 Å². The average Bonchev–Trinajstić information content (AvgIpc) is 2.38. The van der Waals surface area contributed by atoms with Crippen molar-refractivity contribution in [3.63, 3.8) is 0 Å². The van der Waals surface area contributed by atoms with E-state index in [-0.39, 0.29) is 4.90 Å². The van der Waals surface area contributed by atoms with Crippen molar-refractivity contribution < 1.29 is 8.42 Å². The Hall–Kier alpha value is -1.11. The molecule has 1 aromatic rings. The first kappa shape index (κ1) is 14.3. The third-order valence-corrected chi connectivity index (χ3v) is 4.38. The van der Waals surface area contributed by atoms with Gasteiger partial charge in [0.25, 0.3) is 0 Å². The summed E-state index contributed by atoms with van der Waals surface area (Å²) in [5.74, 6) is 0. The Balaban J connectivity index is 2.27. The van der Waals surface area contributed by atoms with Crippen LogP contribution in [0.15, 0.2) is 29.2 Å². The number of nitrogens with two attached hydrogens (primary N) is 1. The molecule has 0 saturated carbocycles. The molecule has 1 heterocycles. The fourth-order valence-corrected chi connectivity index (χ4v) is 3.37. The molecular formula is C13H21N3O2S. The van der Waals surface area contributed by atoms with Crippen LogP contribution in [0.3, 0.4) is 0 Å². The quantitative estimate of drug-likeness (QED) is 0.861. The Bertz CT molecular complexity index is 528. The van der Waals surface area contributed by atoms with Gasteiger partial charge in [0.1, 0.15) is 4.90 Å². The highest BCUT2D eigenvalue weighted by Crippen LogP contribution is 2.26. The number of anilines is 1. The topological polar surface area (TPSA) is 75.4 Å². The first-order valence-corrected chi connectivity index (χ1v) is 8.17. The summed E-state index contributed by atoms with van der Waals surface area (Å²) in [5, 5.41) is 8.71. The Morgan fingerprint density at radius 1 is 1.42 bits per heavy atom. The highest BCUT2D eigenvalue weighted by Gasteiger charge is 2.23. The van der Waals surface area contributed by atoms with Crippen molar-refractivity contribution in [1.29, 1.82) is 0 Å². The molecule has 3 N–H and O–H groups in total. The van der Waals surface area contributed by atoms with Crippen LogP contribution in [0.4, 0.5) is 5.69 Å². The zero-order valence-electron chi connectivity index (χ0n) is 11.2. The second-order valence-electron chi connectivity index (χ2n) is 4.86. The molecule has 106 valence electrons. The maximum atomic E-state index is 11.6. The standard InChI is InChI=1S/C13H21N3O2S/c1-2-15-11-6-5-9-16(10-11)12-7-3-4-8-13(12)19(14,17)18/h3-4,7-8,11,15H,2,5-6,9-10H2,1H3,(H2,14,17,18). The van der Waals surface area contributed by atoms with Crippen molar-refractivity contribution in [3.05, 3.63) is 24.3 Å². The van der Waals surface area contributed by atoms with Crippen molar-refractivity contribution in [3.8, 4) is 0 Å². The maximum Gasteiger partial charge on any atom is 0.240 e. The van der Waals surface area contributed by atoms with E-state index < -0.39 is 10.0 Å². The van der Waals surface area contributed by atoms with Gasteiger partial charge in [-0.25, -0.2) is 13.6 Å². The fraction of sp³-hybridized carbons (Fsp3) is 0.538. The molecule has 0 radical (unpaired) electrons. The number of hydrogen-bond acceptors (Lipinski definition) is 4. The van der Waals surface area contributed by atoms with Crippen LogP contribution in [0.5, 0.6) is 0 Å². The van der Waals surface area contributed by atoms with E-state index >= 15 is 0 Å². The predicted octanol–water partition coefficient (Wildman–Crippen LogP) is 0.912. The second kappa shape index (κ2) is 5.90. The van der Waals surface area contributed by atoms with Gasteiger partial charge in [0.15, 0.2) is 0 Å². The fourth-order valence-electron chi connectivity index (χ4n) is 2.61. The van der Waals surface area contributed by atoms with E-state index in [0.717, 1.165) is 32.5 Å². The second-order valence-corrected chi connectivity index (χ2v) is 6.39. The molecule has 1 aromatic carbocycles. The van der Waals surface area contributed by atoms with E-state index in [2.05, 4.69) is 17.1 Å². The highest BCUT2D eigenvalue weighted by atomic mass is 32.2. The Morgan fingerprint density at radius 3 is 2.84 bits per heavy atom. The first-order chi connectivity index (χ1) is 9.02. The zero-order valence-corrected chi connectivity index (χ0v) is 12.0. The molecule has 0 spiro atoms. The number of hydrogen-bond donors (Lipinski definition) is 2. The van der Waals surface area contributed by atoms with Crippen molar-refractivity contribution in [1.82, 2.24) is 5.32 Å². The highest BCUT2D eigenvalue weighted by molar-refractivity contribution is 7.89. The summed E-state index contributed by atoms with van der Waals surface area (Å²) in [5.41, 5.74) is 0.715. The van der Waals surface area contributed by atoms with Crippen molar-refractivity contribution in [2.45, 2.75) is 30.7 Å². The van der Waals surface area contributed by atoms with E-state index in [1.807, 2.05) is 12.1 Å². The molecule has 1 fully saturated rings. The molecule has 1 aliphatic rings. The summed E-state index contributed by atoms with van der Waals surface area (Å²) < 4.78 is 23.3. The summed E-state index contributed by atoms with van der Waals surface area (Å²) in [4.78, 5) is 2.32. The molecule has 5 nitrogen and oxygen atoms in total. The number of benzene rings is 1. The van der Waals surface area contributed by atoms with Crippen LogP contribution >= 0.6 is 0 Å². The van der Waals surface area contributed by atoms with Crippen LogP contribution in [0.25, 0.3) is 0 Å². The van der Waals surface area contributed by atoms with Gasteiger partial charge in [-0.05, 0) is 31.5 Å². The Kier molecular flexibility index (Phi) is 4.44. The maximum absolute atomic E-state index is 11.6. The lowest BCUT2D eigenvalue weighted by molar-refractivity contribution is 0.430. The van der Waals surface area contributed by atoms with E-state index in [4.69, 9.17) is 5.14 Å². The van der Waals surface area contributed by atoms with Crippen LogP contribution in [0.2, 0.25) is 0 Å². The number of nitrogens with one attached hydrogen (secondary N) is 1. The number of piperidine rings is 1. The van der Waals surface area contributed by atoms with Gasteiger partial charge >= 0.3 is 0 Å². The zero-order chi connectivity index (χ0) is 13.9. The number of nitrogens with zero attached hydrogens (tertiary/aromatic N) is 1. The lowest BCUT2D eigenvalue weighted by Gasteiger charge is -2.35. The number of primary sulfonamides is 1. The summed E-state index contributed by atoms with van der Waals surface area (Å²) >= 11 is 0. The Labute approximate surface area is 114 Å². The molecule has 1 atom stereocenters. The molecule has 1 unspecified atom stereocenters. The van der Waals surface area contributed by atoms with Crippen LogP contribution in [-0.2, 0) is 10.0 Å². The third kappa shape index (κ3) is 3.46. The van der Waals surface area contributed by atoms with Crippen LogP contribution in [0, 0.1) is 0 Å². The van der Waals surface area contributed by atoms with E-state index in [0.29, 0.717) is 11.7 Å². The summed E-state index contributed by atoms with van der Waals surface area (Å²) in [6.45, 7) is 4.70. The number of rotatable bonds is 4. The van der Waals surface area contributed by atoms with Crippen molar-refractivity contribution >= 4 is 15.7 Å². The number of sulfonamides is 1. The SMILES string of the molecule is CCNC1CCCN(c2ccccc2S(N)(=O)=O)C1. The molecule has 1 aliphatic heterocycles. The molecule has 6 heteroatoms. The molecule has 1 saturated heterocycles. The summed E-state index contributed by atoms with van der Waals surface area (Å²) in [6.07, 6.45) is 2.18. The van der Waals surface area contributed by atoms with E-state index in [9.17, 15) is 8.42 Å². The molecule has 19 heavy (non-hydrogen) atoms. The minimum atomic E-state index is -3.67. The Morgan fingerprint density at radius 2 is 2.16 bits per heavy atom. The van der Waals surface area contributed by atoms with Gasteiger partial charge in [-0.3, -0.25) is 0 Å². The van der Waals surface area contributed by atoms with Gasteiger partial charge in [-0.2, -0.15) is 0 Å². The third-order valence-electron chi connectivity index (χ3n) is 3.43. The summed E-state index contributed by atoms with van der Waals surface area (Å²) in [7, 11) is -3.67. The minimum absolute atomic E-state index is 0.215. The van der Waals surface area contributed by atoms with Gasteiger partial charge in [0, 0.05) is 19.1 Å². The van der Waals surface area contributed by atoms with Crippen LogP contribution in [0.1, 0.15) is 19.8 Å². The smallest absolute Gasteiger partial charge is 0.240 e. The van der Waals surface area contributed by atoms with Crippen molar-refractivity contribution in [2.75, 3.05) is 24.5 Å². The summed E-state index contributed by atoms with van der Waals surface area (Å²) in [6, 6.07) is 7.36. The van der Waals surface area contributed by atoms with Gasteiger partial charge in [-0.15, -0.1) is 0 Å². The van der Waals surface area contributed by atoms with Crippen LogP contribution < -0.4 is 15.4 Å². The molecule has 0 bridgehead atoms. The normalized spacial score (nSPS) is 20.5. The molecule has 2 rings (SSSR count). The van der Waals surface area contributed by atoms with Gasteiger partial charge in [0.2, 0.25) is 10.0 Å². The molecule has 0 amide bonds. The van der Waals surface area contributed by atoms with E-state index in [1.165, 1.54) is 0 Å². The lowest BCUT2D eigenvalue weighted by Crippen LogP contribution is -2.46. The van der Waals surface area contributed by atoms with Crippen LogP contribution in [-0.4, -0.2) is 34.1 Å². The molecule has 0 aliphatic carbocycles.